The summed E-state index contributed by atoms with van der Waals surface area (Å²) in [5.41, 5.74) is 8.37. The number of nitrogens with zero attached hydrogens (tertiary/aromatic N) is 6. The smallest absolute Gasteiger partial charge is 0.251 e. The maximum Gasteiger partial charge on any atom is 0.251 e. The van der Waals surface area contributed by atoms with Crippen molar-refractivity contribution in [1.29, 1.82) is 0 Å². The molecule has 5 aromatic rings. The van der Waals surface area contributed by atoms with Crippen LogP contribution in [-0.4, -0.2) is 75.0 Å². The highest BCUT2D eigenvalue weighted by Gasteiger charge is 2.21. The minimum Gasteiger partial charge on any atom is -0.439 e. The predicted octanol–water partition coefficient (Wildman–Crippen LogP) is 3.05. The number of pyridine rings is 1. The average Bonchev–Trinajstić information content (AvgIpc) is 3.57. The molecular weight excluding hydrogens is 519 g/mol. The molecule has 13 heteroatoms. The fourth-order valence-corrected chi connectivity index (χ4v) is 4.46. The number of nitrogens with two attached hydrogens (primary N) is 1. The molecule has 1 fully saturated rings. The normalized spacial score (nSPS) is 13.9. The van der Waals surface area contributed by atoms with Crippen molar-refractivity contribution in [1.82, 2.24) is 35.1 Å². The van der Waals surface area contributed by atoms with Crippen LogP contribution in [0, 0.1) is 5.82 Å². The monoisotopic (exact) mass is 544 g/mol. The number of rotatable bonds is 8. The van der Waals surface area contributed by atoms with Crippen molar-refractivity contribution < 1.29 is 23.3 Å². The Labute approximate surface area is 227 Å². The quantitative estimate of drug-likeness (QED) is 0.299. The summed E-state index contributed by atoms with van der Waals surface area (Å²) in [7, 11) is 0. The van der Waals surface area contributed by atoms with E-state index >= 15 is 0 Å². The van der Waals surface area contributed by atoms with Gasteiger partial charge in [-0.1, -0.05) is 6.07 Å². The van der Waals surface area contributed by atoms with Gasteiger partial charge in [0.05, 0.1) is 24.9 Å². The Balaban J connectivity index is 1.25. The standard InChI is InChI=1S/C27H25FN8O4/c28-18-4-6-19(7-5-18)36-22-15-23(31-16-21(22)32-26(36)24-25(29)34-40-33-24)39-20-3-1-2-17(14-20)27(37)30-8-9-35-10-12-38-13-11-35/h1-7,14-16H,8-13H2,(H2,29,34)(H,30,37). The van der Waals surface area contributed by atoms with E-state index in [1.54, 1.807) is 53.2 Å². The molecule has 0 atom stereocenters. The van der Waals surface area contributed by atoms with Crippen molar-refractivity contribution >= 4 is 22.8 Å². The van der Waals surface area contributed by atoms with Crippen molar-refractivity contribution in [2.45, 2.75) is 0 Å². The SMILES string of the molecule is Nc1nonc1-c1nc2cnc(Oc3cccc(C(=O)NCCN4CCOCC4)c3)cc2n1-c1ccc(F)cc1. The molecule has 0 bridgehead atoms. The Kier molecular flexibility index (Phi) is 7.04. The number of hydrogen-bond donors (Lipinski definition) is 2. The van der Waals surface area contributed by atoms with Gasteiger partial charge in [0.2, 0.25) is 5.88 Å². The van der Waals surface area contributed by atoms with E-state index in [9.17, 15) is 9.18 Å². The molecule has 4 heterocycles. The Morgan fingerprint density at radius 3 is 2.70 bits per heavy atom. The molecule has 2 aromatic carbocycles. The summed E-state index contributed by atoms with van der Waals surface area (Å²) in [6, 6.07) is 14.4. The summed E-state index contributed by atoms with van der Waals surface area (Å²) in [5, 5.41) is 10.5. The molecular formula is C27H25FN8O4. The molecule has 1 aliphatic rings. The zero-order chi connectivity index (χ0) is 27.5. The third-order valence-corrected chi connectivity index (χ3v) is 6.46. The molecule has 1 aliphatic heterocycles. The number of ether oxygens (including phenoxy) is 2. The third kappa shape index (κ3) is 5.32. The predicted molar refractivity (Wildman–Crippen MR) is 143 cm³/mol. The molecule has 0 aliphatic carbocycles. The van der Waals surface area contributed by atoms with Gasteiger partial charge in [0.25, 0.3) is 5.91 Å². The summed E-state index contributed by atoms with van der Waals surface area (Å²) >= 11 is 0. The molecule has 40 heavy (non-hydrogen) atoms. The zero-order valence-corrected chi connectivity index (χ0v) is 21.3. The number of nitrogen functional groups attached to an aromatic ring is 1. The summed E-state index contributed by atoms with van der Waals surface area (Å²) in [6.07, 6.45) is 1.54. The first-order chi connectivity index (χ1) is 19.5. The van der Waals surface area contributed by atoms with Crippen molar-refractivity contribution in [2.24, 2.45) is 0 Å². The molecule has 0 saturated carbocycles. The first kappa shape index (κ1) is 25.4. The van der Waals surface area contributed by atoms with E-state index in [-0.39, 0.29) is 29.1 Å². The number of carbonyl (C=O) groups excluding carboxylic acids is 1. The number of benzene rings is 2. The Hall–Kier alpha value is -4.88. The number of morpholine rings is 1. The lowest BCUT2D eigenvalue weighted by atomic mass is 10.2. The van der Waals surface area contributed by atoms with Crippen LogP contribution in [0.25, 0.3) is 28.2 Å². The van der Waals surface area contributed by atoms with E-state index in [1.807, 2.05) is 0 Å². The highest BCUT2D eigenvalue weighted by molar-refractivity contribution is 5.94. The van der Waals surface area contributed by atoms with Crippen LogP contribution in [0.2, 0.25) is 0 Å². The van der Waals surface area contributed by atoms with E-state index in [4.69, 9.17) is 19.8 Å². The van der Waals surface area contributed by atoms with Crippen LogP contribution in [0.4, 0.5) is 10.2 Å². The lowest BCUT2D eigenvalue weighted by Gasteiger charge is -2.26. The van der Waals surface area contributed by atoms with Gasteiger partial charge in [0.1, 0.15) is 17.1 Å². The minimum atomic E-state index is -0.381. The van der Waals surface area contributed by atoms with Gasteiger partial charge >= 0.3 is 0 Å². The van der Waals surface area contributed by atoms with E-state index in [0.717, 1.165) is 19.6 Å². The zero-order valence-electron chi connectivity index (χ0n) is 21.3. The first-order valence-electron chi connectivity index (χ1n) is 12.6. The van der Waals surface area contributed by atoms with Crippen molar-refractivity contribution in [3.8, 4) is 28.8 Å². The molecule has 3 N–H and O–H groups in total. The van der Waals surface area contributed by atoms with Crippen molar-refractivity contribution in [2.75, 3.05) is 45.1 Å². The van der Waals surface area contributed by atoms with Crippen LogP contribution >= 0.6 is 0 Å². The van der Waals surface area contributed by atoms with E-state index in [1.165, 1.54) is 12.1 Å². The van der Waals surface area contributed by atoms with Crippen molar-refractivity contribution in [3.63, 3.8) is 0 Å². The summed E-state index contributed by atoms with van der Waals surface area (Å²) in [4.78, 5) is 24.0. The third-order valence-electron chi connectivity index (χ3n) is 6.46. The van der Waals surface area contributed by atoms with Gasteiger partial charge in [-0.3, -0.25) is 14.3 Å². The van der Waals surface area contributed by atoms with Gasteiger partial charge < -0.3 is 20.5 Å². The van der Waals surface area contributed by atoms with Gasteiger partial charge in [-0.25, -0.2) is 19.0 Å². The number of fused-ring (bicyclic) bond motifs is 1. The van der Waals surface area contributed by atoms with Gasteiger partial charge in [-0.05, 0) is 52.8 Å². The summed E-state index contributed by atoms with van der Waals surface area (Å²) in [6.45, 7) is 4.44. The van der Waals surface area contributed by atoms with Crippen LogP contribution in [0.5, 0.6) is 11.6 Å². The summed E-state index contributed by atoms with van der Waals surface area (Å²) < 4.78 is 31.6. The maximum absolute atomic E-state index is 13.7. The van der Waals surface area contributed by atoms with Gasteiger partial charge in [-0.2, -0.15) is 0 Å². The highest BCUT2D eigenvalue weighted by Crippen LogP contribution is 2.32. The average molecular weight is 545 g/mol. The Bertz CT molecular complexity index is 1650. The maximum atomic E-state index is 13.7. The number of amides is 1. The van der Waals surface area contributed by atoms with E-state index in [0.29, 0.717) is 53.6 Å². The van der Waals surface area contributed by atoms with Crippen LogP contribution in [-0.2, 0) is 4.74 Å². The number of nitrogens with one attached hydrogen (secondary N) is 1. The lowest BCUT2D eigenvalue weighted by Crippen LogP contribution is -2.41. The molecule has 3 aromatic heterocycles. The van der Waals surface area contributed by atoms with Crippen LogP contribution < -0.4 is 15.8 Å². The molecule has 0 radical (unpaired) electrons. The Morgan fingerprint density at radius 1 is 1.10 bits per heavy atom. The number of aromatic nitrogens is 5. The number of carbonyl (C=O) groups is 1. The number of halogens is 1. The molecule has 12 nitrogen and oxygen atoms in total. The van der Waals surface area contributed by atoms with Gasteiger partial charge in [-0.15, -0.1) is 0 Å². The second-order valence-electron chi connectivity index (χ2n) is 9.10. The van der Waals surface area contributed by atoms with E-state index < -0.39 is 0 Å². The Morgan fingerprint density at radius 2 is 1.93 bits per heavy atom. The highest BCUT2D eigenvalue weighted by atomic mass is 19.1. The lowest BCUT2D eigenvalue weighted by molar-refractivity contribution is 0.0383. The largest absolute Gasteiger partial charge is 0.439 e. The van der Waals surface area contributed by atoms with E-state index in [2.05, 4.69) is 30.5 Å². The fraction of sp³-hybridized carbons (Fsp3) is 0.222. The first-order valence-corrected chi connectivity index (χ1v) is 12.6. The molecule has 1 saturated heterocycles. The molecule has 6 rings (SSSR count). The topological polar surface area (TPSA) is 146 Å². The summed E-state index contributed by atoms with van der Waals surface area (Å²) in [5.74, 6) is 0.523. The molecule has 204 valence electrons. The second-order valence-corrected chi connectivity index (χ2v) is 9.10. The molecule has 0 spiro atoms. The van der Waals surface area contributed by atoms with Gasteiger partial charge in [0, 0.05) is 43.5 Å². The number of hydrogen-bond acceptors (Lipinski definition) is 10. The minimum absolute atomic E-state index is 0.0585. The van der Waals surface area contributed by atoms with Crippen molar-refractivity contribution in [3.05, 3.63) is 72.2 Å². The fourth-order valence-electron chi connectivity index (χ4n) is 4.46. The number of anilines is 1. The second kappa shape index (κ2) is 11.1. The number of imidazole rings is 1. The molecule has 1 amide bonds. The molecule has 0 unspecified atom stereocenters. The van der Waals surface area contributed by atoms with Crippen LogP contribution in [0.15, 0.2) is 65.4 Å². The van der Waals surface area contributed by atoms with Crippen LogP contribution in [0.1, 0.15) is 10.4 Å². The van der Waals surface area contributed by atoms with Crippen LogP contribution in [0.3, 0.4) is 0 Å². The van der Waals surface area contributed by atoms with Gasteiger partial charge in [0.15, 0.2) is 17.3 Å².